The zero-order valence-electron chi connectivity index (χ0n) is 10.5. The number of hydrogen-bond donors (Lipinski definition) is 1. The maximum Gasteiger partial charge on any atom is 0.140 e. The molecule has 0 fully saturated rings. The number of carbonyl (C=O) groups is 1. The summed E-state index contributed by atoms with van der Waals surface area (Å²) in [5.74, 6) is 0.856. The van der Waals surface area contributed by atoms with Crippen molar-refractivity contribution >= 4 is 5.78 Å². The molecule has 2 N–H and O–H groups in total. The van der Waals surface area contributed by atoms with Gasteiger partial charge in [0.05, 0.1) is 0 Å². The summed E-state index contributed by atoms with van der Waals surface area (Å²) in [7, 11) is 0. The summed E-state index contributed by atoms with van der Waals surface area (Å²) < 4.78 is 0. The van der Waals surface area contributed by atoms with Crippen LogP contribution < -0.4 is 5.73 Å². The second-order valence-corrected chi connectivity index (χ2v) is 5.70. The summed E-state index contributed by atoms with van der Waals surface area (Å²) in [5.41, 5.74) is 5.13. The Morgan fingerprint density at radius 1 is 1.21 bits per heavy atom. The zero-order chi connectivity index (χ0) is 11.6. The van der Waals surface area contributed by atoms with Crippen molar-refractivity contribution in [1.29, 1.82) is 0 Å². The van der Waals surface area contributed by atoms with E-state index in [1.54, 1.807) is 0 Å². The summed E-state index contributed by atoms with van der Waals surface area (Å²) in [6, 6.07) is 0. The van der Waals surface area contributed by atoms with Crippen molar-refractivity contribution in [3.63, 3.8) is 0 Å². The molecule has 0 aliphatic heterocycles. The predicted molar refractivity (Wildman–Crippen MR) is 61.1 cm³/mol. The van der Waals surface area contributed by atoms with Crippen molar-refractivity contribution in [2.75, 3.05) is 0 Å². The van der Waals surface area contributed by atoms with Gasteiger partial charge < -0.3 is 5.73 Å². The minimum atomic E-state index is -0.443. The van der Waals surface area contributed by atoms with E-state index >= 15 is 0 Å². The molecule has 2 heteroatoms. The molecule has 0 unspecified atom stereocenters. The molecule has 0 spiro atoms. The quantitative estimate of drug-likeness (QED) is 0.740. The number of ketones is 1. The maximum atomic E-state index is 11.9. The second kappa shape index (κ2) is 4.43. The number of carbonyl (C=O) groups excluding carboxylic acids is 1. The van der Waals surface area contributed by atoms with Gasteiger partial charge in [0.2, 0.25) is 0 Å². The third-order valence-electron chi connectivity index (χ3n) is 3.26. The highest BCUT2D eigenvalue weighted by molar-refractivity contribution is 5.85. The Hall–Kier alpha value is -0.370. The van der Waals surface area contributed by atoms with Gasteiger partial charge in [-0.3, -0.25) is 4.79 Å². The van der Waals surface area contributed by atoms with E-state index in [0.717, 1.165) is 6.42 Å². The molecule has 0 heterocycles. The monoisotopic (exact) mass is 199 g/mol. The van der Waals surface area contributed by atoms with E-state index < -0.39 is 11.0 Å². The molecule has 2 nitrogen and oxygen atoms in total. The topological polar surface area (TPSA) is 43.1 Å². The Balaban J connectivity index is 4.38. The Labute approximate surface area is 88.3 Å². The van der Waals surface area contributed by atoms with Crippen LogP contribution in [-0.2, 0) is 4.79 Å². The van der Waals surface area contributed by atoms with Crippen LogP contribution in [0.1, 0.15) is 54.4 Å². The van der Waals surface area contributed by atoms with Crippen LogP contribution in [0.25, 0.3) is 0 Å². The van der Waals surface area contributed by atoms with Gasteiger partial charge in [-0.25, -0.2) is 0 Å². The smallest absolute Gasteiger partial charge is 0.140 e. The molecule has 0 radical (unpaired) electrons. The number of Topliss-reactive ketones (excluding diaryl/α,β-unsaturated/α-hetero) is 1. The first-order valence-corrected chi connectivity index (χ1v) is 5.41. The fourth-order valence-electron chi connectivity index (χ4n) is 1.09. The molecule has 0 aliphatic carbocycles. The first-order chi connectivity index (χ1) is 6.09. The molecule has 0 aromatic carbocycles. The van der Waals surface area contributed by atoms with Gasteiger partial charge >= 0.3 is 0 Å². The van der Waals surface area contributed by atoms with E-state index in [-0.39, 0.29) is 5.78 Å². The van der Waals surface area contributed by atoms with E-state index in [4.69, 9.17) is 5.73 Å². The molecule has 0 amide bonds. The highest BCUT2D eigenvalue weighted by atomic mass is 16.1. The molecule has 0 aromatic rings. The van der Waals surface area contributed by atoms with Gasteiger partial charge in [0.25, 0.3) is 0 Å². The van der Waals surface area contributed by atoms with Crippen molar-refractivity contribution in [1.82, 2.24) is 0 Å². The van der Waals surface area contributed by atoms with Crippen LogP contribution >= 0.6 is 0 Å². The number of nitrogens with two attached hydrogens (primary N) is 1. The highest BCUT2D eigenvalue weighted by Crippen LogP contribution is 2.31. The van der Waals surface area contributed by atoms with E-state index in [2.05, 4.69) is 13.8 Å². The van der Waals surface area contributed by atoms with Gasteiger partial charge in [-0.15, -0.1) is 0 Å². The minimum absolute atomic E-state index is 0.277. The number of hydrogen-bond acceptors (Lipinski definition) is 2. The first kappa shape index (κ1) is 13.6. The van der Waals surface area contributed by atoms with E-state index in [1.807, 2.05) is 27.7 Å². The average Bonchev–Trinajstić information content (AvgIpc) is 1.97. The van der Waals surface area contributed by atoms with Crippen molar-refractivity contribution in [2.45, 2.75) is 59.9 Å². The maximum absolute atomic E-state index is 11.9. The Morgan fingerprint density at radius 2 is 1.64 bits per heavy atom. The Bertz CT molecular complexity index is 199. The van der Waals surface area contributed by atoms with Crippen LogP contribution in [0.15, 0.2) is 0 Å². The van der Waals surface area contributed by atoms with Crippen LogP contribution in [0.4, 0.5) is 0 Å². The lowest BCUT2D eigenvalue weighted by Crippen LogP contribution is -2.51. The lowest BCUT2D eigenvalue weighted by molar-refractivity contribution is -0.130. The number of rotatable bonds is 5. The van der Waals surface area contributed by atoms with Gasteiger partial charge in [0, 0.05) is 17.4 Å². The molecule has 0 bridgehead atoms. The van der Waals surface area contributed by atoms with Crippen LogP contribution in [0.2, 0.25) is 0 Å². The van der Waals surface area contributed by atoms with Crippen molar-refractivity contribution in [3.8, 4) is 0 Å². The molecule has 0 rings (SSSR count). The summed E-state index contributed by atoms with van der Waals surface area (Å²) in [6.45, 7) is 12.0. The van der Waals surface area contributed by atoms with Crippen molar-refractivity contribution < 1.29 is 4.79 Å². The standard InChI is InChI=1S/C12H25NO/c1-9(2)7-8-10(14)11(3,4)12(5,6)13/h9H,7-8,13H2,1-6H3. The molecular formula is C12H25NO. The summed E-state index contributed by atoms with van der Waals surface area (Å²) in [5, 5.41) is 0. The zero-order valence-corrected chi connectivity index (χ0v) is 10.5. The van der Waals surface area contributed by atoms with Crippen LogP contribution in [-0.4, -0.2) is 11.3 Å². The molecule has 0 aliphatic rings. The predicted octanol–water partition coefficient (Wildman–Crippen LogP) is 2.76. The normalized spacial score (nSPS) is 13.4. The molecule has 0 saturated heterocycles. The third kappa shape index (κ3) is 3.41. The second-order valence-electron chi connectivity index (χ2n) is 5.70. The molecule has 0 saturated carbocycles. The Kier molecular flexibility index (Phi) is 4.32. The lowest BCUT2D eigenvalue weighted by atomic mass is 9.71. The first-order valence-electron chi connectivity index (χ1n) is 5.41. The van der Waals surface area contributed by atoms with E-state index in [9.17, 15) is 4.79 Å². The average molecular weight is 199 g/mol. The van der Waals surface area contributed by atoms with Crippen LogP contribution in [0, 0.1) is 11.3 Å². The molecule has 84 valence electrons. The molecule has 0 atom stereocenters. The third-order valence-corrected chi connectivity index (χ3v) is 3.26. The van der Waals surface area contributed by atoms with Gasteiger partial charge in [-0.05, 0) is 26.2 Å². The molecule has 14 heavy (non-hydrogen) atoms. The lowest BCUT2D eigenvalue weighted by Gasteiger charge is -2.37. The van der Waals surface area contributed by atoms with Crippen LogP contribution in [0.5, 0.6) is 0 Å². The van der Waals surface area contributed by atoms with Gasteiger partial charge in [-0.2, -0.15) is 0 Å². The van der Waals surface area contributed by atoms with Crippen molar-refractivity contribution in [2.24, 2.45) is 17.1 Å². The van der Waals surface area contributed by atoms with Crippen LogP contribution in [0.3, 0.4) is 0 Å². The van der Waals surface area contributed by atoms with Gasteiger partial charge in [0.1, 0.15) is 5.78 Å². The van der Waals surface area contributed by atoms with Gasteiger partial charge in [-0.1, -0.05) is 27.7 Å². The minimum Gasteiger partial charge on any atom is -0.325 e. The van der Waals surface area contributed by atoms with E-state index in [0.29, 0.717) is 12.3 Å². The van der Waals surface area contributed by atoms with Crippen molar-refractivity contribution in [3.05, 3.63) is 0 Å². The Morgan fingerprint density at radius 3 is 1.93 bits per heavy atom. The SMILES string of the molecule is CC(C)CCC(=O)C(C)(C)C(C)(C)N. The summed E-state index contributed by atoms with van der Waals surface area (Å²) in [4.78, 5) is 11.9. The molecule has 0 aromatic heterocycles. The van der Waals surface area contributed by atoms with E-state index in [1.165, 1.54) is 0 Å². The highest BCUT2D eigenvalue weighted by Gasteiger charge is 2.39. The molecular weight excluding hydrogens is 174 g/mol. The summed E-state index contributed by atoms with van der Waals surface area (Å²) in [6.07, 6.45) is 1.60. The summed E-state index contributed by atoms with van der Waals surface area (Å²) >= 11 is 0. The fourth-order valence-corrected chi connectivity index (χ4v) is 1.09. The largest absolute Gasteiger partial charge is 0.325 e. The fraction of sp³-hybridized carbons (Fsp3) is 0.917. The van der Waals surface area contributed by atoms with Gasteiger partial charge in [0.15, 0.2) is 0 Å².